The van der Waals surface area contributed by atoms with Crippen LogP contribution in [0.4, 0.5) is 0 Å². The Morgan fingerprint density at radius 2 is 1.52 bits per heavy atom. The Labute approximate surface area is 140 Å². The normalized spacial score (nSPS) is 19.2. The van der Waals surface area contributed by atoms with Crippen molar-refractivity contribution in [2.24, 2.45) is 5.92 Å². The summed E-state index contributed by atoms with van der Waals surface area (Å²) < 4.78 is 0. The average Bonchev–Trinajstić information content (AvgIpc) is 3.07. The Kier molecular flexibility index (Phi) is 3.24. The highest BCUT2D eigenvalue weighted by Crippen LogP contribution is 2.44. The Bertz CT molecular complexity index is 847. The molecule has 2 aliphatic rings. The molecule has 0 aromatic heterocycles. The van der Waals surface area contributed by atoms with Crippen LogP contribution >= 0.6 is 0 Å². The van der Waals surface area contributed by atoms with E-state index < -0.39 is 8.07 Å². The van der Waals surface area contributed by atoms with Crippen molar-refractivity contribution in [3.8, 4) is 11.1 Å². The van der Waals surface area contributed by atoms with Crippen molar-refractivity contribution >= 4 is 13.6 Å². The summed E-state index contributed by atoms with van der Waals surface area (Å²) in [5.74, 6) is 0.514. The van der Waals surface area contributed by atoms with E-state index >= 15 is 0 Å². The van der Waals surface area contributed by atoms with Gasteiger partial charge < -0.3 is 0 Å². The van der Waals surface area contributed by atoms with E-state index in [4.69, 9.17) is 0 Å². The molecule has 0 nitrogen and oxygen atoms in total. The smallest absolute Gasteiger partial charge is 0.0772 e. The minimum absolute atomic E-state index is 0.514. The van der Waals surface area contributed by atoms with Crippen LogP contribution < -0.4 is 0 Å². The number of hydrogen-bond donors (Lipinski definition) is 0. The molecule has 0 spiro atoms. The minimum atomic E-state index is -1.26. The van der Waals surface area contributed by atoms with Gasteiger partial charge in [0.05, 0.1) is 8.07 Å². The highest BCUT2D eigenvalue weighted by Gasteiger charge is 2.28. The Morgan fingerprint density at radius 1 is 0.826 bits per heavy atom. The molecule has 0 bridgehead atoms. The zero-order valence-electron chi connectivity index (χ0n) is 14.4. The second kappa shape index (κ2) is 5.07. The van der Waals surface area contributed by atoms with Crippen LogP contribution in [0.2, 0.25) is 19.6 Å². The first-order valence-corrected chi connectivity index (χ1v) is 12.0. The van der Waals surface area contributed by atoms with E-state index in [9.17, 15) is 0 Å². The maximum absolute atomic E-state index is 2.49. The summed E-state index contributed by atoms with van der Waals surface area (Å²) in [6.07, 6.45) is 7.33. The van der Waals surface area contributed by atoms with E-state index in [1.807, 2.05) is 0 Å². The molecule has 0 N–H and O–H groups in total. The van der Waals surface area contributed by atoms with Gasteiger partial charge in [-0.25, -0.2) is 0 Å². The van der Waals surface area contributed by atoms with Crippen molar-refractivity contribution < 1.29 is 0 Å². The second-order valence-corrected chi connectivity index (χ2v) is 12.8. The van der Waals surface area contributed by atoms with Crippen LogP contribution in [0.5, 0.6) is 0 Å². The summed E-state index contributed by atoms with van der Waals surface area (Å²) in [7, 11) is -1.26. The summed E-state index contributed by atoms with van der Waals surface area (Å²) >= 11 is 0. The van der Waals surface area contributed by atoms with Gasteiger partial charge in [-0.1, -0.05) is 86.4 Å². The molecule has 0 saturated heterocycles. The monoisotopic (exact) mass is 315 g/mol. The molecule has 115 valence electrons. The Balaban J connectivity index is 1.82. The summed E-state index contributed by atoms with van der Waals surface area (Å²) in [6, 6.07) is 15.5. The van der Waals surface area contributed by atoms with Gasteiger partial charge in [0.15, 0.2) is 0 Å². The van der Waals surface area contributed by atoms with E-state index in [0.717, 1.165) is 0 Å². The second-order valence-electron chi connectivity index (χ2n) is 7.76. The van der Waals surface area contributed by atoms with Crippen LogP contribution in [0.3, 0.4) is 0 Å². The highest BCUT2D eigenvalue weighted by molar-refractivity contribution is 6.84. The maximum atomic E-state index is 2.49. The predicted molar refractivity (Wildman–Crippen MR) is 103 cm³/mol. The van der Waals surface area contributed by atoms with Crippen molar-refractivity contribution in [3.05, 3.63) is 82.9 Å². The lowest BCUT2D eigenvalue weighted by molar-refractivity contribution is 0.978. The maximum Gasteiger partial charge on any atom is 0.0772 e. The van der Waals surface area contributed by atoms with Gasteiger partial charge in [-0.2, -0.15) is 0 Å². The molecule has 0 saturated carbocycles. The molecule has 2 aliphatic carbocycles. The molecular weight excluding hydrogens is 292 g/mol. The number of benzene rings is 2. The molecule has 0 fully saturated rings. The van der Waals surface area contributed by atoms with Crippen molar-refractivity contribution in [1.82, 2.24) is 0 Å². The van der Waals surface area contributed by atoms with Gasteiger partial charge in [-0.3, -0.25) is 0 Å². The van der Waals surface area contributed by atoms with Crippen LogP contribution in [0.25, 0.3) is 16.7 Å². The highest BCUT2D eigenvalue weighted by atomic mass is 28.3. The average molecular weight is 316 g/mol. The first-order chi connectivity index (χ1) is 10.9. The number of allylic oxidation sites excluding steroid dienone is 4. The lowest BCUT2D eigenvalue weighted by Crippen LogP contribution is -2.21. The summed E-state index contributed by atoms with van der Waals surface area (Å²) in [5, 5.41) is 1.59. The third-order valence-corrected chi connectivity index (χ3v) is 7.11. The van der Waals surface area contributed by atoms with Crippen LogP contribution in [0.15, 0.2) is 59.8 Å². The van der Waals surface area contributed by atoms with Crippen molar-refractivity contribution in [1.29, 1.82) is 0 Å². The molecule has 0 heterocycles. The van der Waals surface area contributed by atoms with Crippen LogP contribution in [-0.4, -0.2) is 8.07 Å². The SMILES string of the molecule is CC1C=C([Si](C)(C)C)C=C1c1cccc2c1[CH]c1ccccc1-2. The zero-order chi connectivity index (χ0) is 16.2. The van der Waals surface area contributed by atoms with Gasteiger partial charge in [0.1, 0.15) is 0 Å². The molecule has 23 heavy (non-hydrogen) atoms. The number of rotatable bonds is 2. The zero-order valence-corrected chi connectivity index (χ0v) is 15.4. The van der Waals surface area contributed by atoms with E-state index in [2.05, 4.69) is 87.6 Å². The fourth-order valence-electron chi connectivity index (χ4n) is 3.73. The standard InChI is InChI=1S/C22H23Si/c1-15-12-17(23(2,3)4)14-21(15)20-11-7-10-19-18-9-6-5-8-16(18)13-22(19)20/h5-15H,1-4H3. The topological polar surface area (TPSA) is 0 Å². The van der Waals surface area contributed by atoms with Crippen LogP contribution in [-0.2, 0) is 0 Å². The Hall–Kier alpha value is -1.86. The lowest BCUT2D eigenvalue weighted by Gasteiger charge is -2.15. The third-order valence-electron chi connectivity index (χ3n) is 5.07. The lowest BCUT2D eigenvalue weighted by atomic mass is 9.91. The van der Waals surface area contributed by atoms with E-state index in [0.29, 0.717) is 5.92 Å². The van der Waals surface area contributed by atoms with Gasteiger partial charge in [0.2, 0.25) is 0 Å². The predicted octanol–water partition coefficient (Wildman–Crippen LogP) is 6.10. The number of hydrogen-bond acceptors (Lipinski definition) is 0. The molecule has 2 aromatic rings. The first-order valence-electron chi connectivity index (χ1n) is 8.46. The molecule has 0 amide bonds. The summed E-state index contributed by atoms with van der Waals surface area (Å²) in [5.41, 5.74) is 8.40. The molecule has 4 rings (SSSR count). The van der Waals surface area contributed by atoms with E-state index in [-0.39, 0.29) is 0 Å². The quantitative estimate of drug-likeness (QED) is 0.501. The third kappa shape index (κ3) is 2.35. The van der Waals surface area contributed by atoms with Crippen molar-refractivity contribution in [2.75, 3.05) is 0 Å². The van der Waals surface area contributed by atoms with Crippen molar-refractivity contribution in [3.63, 3.8) is 0 Å². The fourth-order valence-corrected chi connectivity index (χ4v) is 5.07. The fraction of sp³-hybridized carbons (Fsp3) is 0.227. The van der Waals surface area contributed by atoms with E-state index in [1.54, 1.807) is 5.20 Å². The summed E-state index contributed by atoms with van der Waals surface area (Å²) in [4.78, 5) is 0. The first kappa shape index (κ1) is 14.7. The van der Waals surface area contributed by atoms with Crippen LogP contribution in [0, 0.1) is 12.3 Å². The molecule has 1 heteroatoms. The molecule has 1 atom stereocenters. The molecule has 0 aliphatic heterocycles. The van der Waals surface area contributed by atoms with Crippen LogP contribution in [0.1, 0.15) is 23.6 Å². The van der Waals surface area contributed by atoms with Crippen molar-refractivity contribution in [2.45, 2.75) is 26.6 Å². The van der Waals surface area contributed by atoms with Gasteiger partial charge >= 0.3 is 0 Å². The Morgan fingerprint density at radius 3 is 2.26 bits per heavy atom. The van der Waals surface area contributed by atoms with Gasteiger partial charge in [-0.15, -0.1) is 0 Å². The number of fused-ring (bicyclic) bond motifs is 3. The van der Waals surface area contributed by atoms with Gasteiger partial charge in [0, 0.05) is 6.42 Å². The molecule has 1 unspecified atom stereocenters. The minimum Gasteiger partial charge on any atom is -0.0780 e. The summed E-state index contributed by atoms with van der Waals surface area (Å²) in [6.45, 7) is 9.63. The largest absolute Gasteiger partial charge is 0.0780 e. The van der Waals surface area contributed by atoms with E-state index in [1.165, 1.54) is 33.4 Å². The molecule has 1 radical (unpaired) electrons. The molecular formula is C22H23Si. The van der Waals surface area contributed by atoms with Gasteiger partial charge in [-0.05, 0) is 39.3 Å². The molecule has 2 aromatic carbocycles. The van der Waals surface area contributed by atoms with Gasteiger partial charge in [0.25, 0.3) is 0 Å².